The summed E-state index contributed by atoms with van der Waals surface area (Å²) in [5.41, 5.74) is 1.33. The number of amides is 2. The third-order valence-electron chi connectivity index (χ3n) is 5.23. The fourth-order valence-corrected chi connectivity index (χ4v) is 3.59. The second kappa shape index (κ2) is 9.71. The molecule has 7 heteroatoms. The molecule has 0 N–H and O–H groups in total. The van der Waals surface area contributed by atoms with Crippen LogP contribution in [0.3, 0.4) is 0 Å². The zero-order valence-corrected chi connectivity index (χ0v) is 16.2. The molecule has 2 heterocycles. The van der Waals surface area contributed by atoms with E-state index in [0.717, 1.165) is 32.7 Å². The Labute approximate surface area is 161 Å². The van der Waals surface area contributed by atoms with Crippen molar-refractivity contribution in [3.63, 3.8) is 0 Å². The average molecular weight is 374 g/mol. The van der Waals surface area contributed by atoms with Gasteiger partial charge >= 0.3 is 6.09 Å². The van der Waals surface area contributed by atoms with Crippen molar-refractivity contribution in [2.24, 2.45) is 0 Å². The SMILES string of the molecule is CCOC(=O)N1CCN(C(=O)CN2CCN(Cc3ccccc3)CC2)CC1. The number of benzene rings is 1. The molecule has 0 saturated carbocycles. The van der Waals surface area contributed by atoms with Crippen molar-refractivity contribution in [2.45, 2.75) is 13.5 Å². The monoisotopic (exact) mass is 374 g/mol. The van der Waals surface area contributed by atoms with E-state index in [2.05, 4.69) is 34.1 Å². The van der Waals surface area contributed by atoms with E-state index < -0.39 is 0 Å². The highest BCUT2D eigenvalue weighted by molar-refractivity contribution is 5.78. The molecule has 27 heavy (non-hydrogen) atoms. The molecule has 0 aliphatic carbocycles. The maximum Gasteiger partial charge on any atom is 0.409 e. The first-order valence-electron chi connectivity index (χ1n) is 9.84. The summed E-state index contributed by atoms with van der Waals surface area (Å²) in [4.78, 5) is 32.5. The van der Waals surface area contributed by atoms with Crippen molar-refractivity contribution >= 4 is 12.0 Å². The highest BCUT2D eigenvalue weighted by Crippen LogP contribution is 2.10. The van der Waals surface area contributed by atoms with Gasteiger partial charge in [-0.15, -0.1) is 0 Å². The average Bonchev–Trinajstić information content (AvgIpc) is 2.70. The van der Waals surface area contributed by atoms with Crippen molar-refractivity contribution in [3.8, 4) is 0 Å². The van der Waals surface area contributed by atoms with Gasteiger partial charge in [0, 0.05) is 58.9 Å². The number of carbonyl (C=O) groups is 2. The molecule has 0 spiro atoms. The fraction of sp³-hybridized carbons (Fsp3) is 0.600. The third kappa shape index (κ3) is 5.68. The maximum absolute atomic E-state index is 12.6. The van der Waals surface area contributed by atoms with Gasteiger partial charge < -0.3 is 14.5 Å². The van der Waals surface area contributed by atoms with Crippen LogP contribution in [0.1, 0.15) is 12.5 Å². The summed E-state index contributed by atoms with van der Waals surface area (Å²) >= 11 is 0. The Hall–Kier alpha value is -2.12. The number of rotatable bonds is 5. The summed E-state index contributed by atoms with van der Waals surface area (Å²) in [5, 5.41) is 0. The Bertz CT molecular complexity index is 609. The van der Waals surface area contributed by atoms with Crippen molar-refractivity contribution in [1.29, 1.82) is 0 Å². The highest BCUT2D eigenvalue weighted by atomic mass is 16.6. The van der Waals surface area contributed by atoms with Crippen molar-refractivity contribution in [2.75, 3.05) is 65.5 Å². The van der Waals surface area contributed by atoms with E-state index in [1.165, 1.54) is 5.56 Å². The van der Waals surface area contributed by atoms with Gasteiger partial charge in [-0.25, -0.2) is 4.79 Å². The Kier molecular flexibility index (Phi) is 7.06. The van der Waals surface area contributed by atoms with Gasteiger partial charge in [0.15, 0.2) is 0 Å². The van der Waals surface area contributed by atoms with Crippen LogP contribution in [0.25, 0.3) is 0 Å². The Balaban J connectivity index is 1.37. The zero-order chi connectivity index (χ0) is 19.1. The van der Waals surface area contributed by atoms with E-state index >= 15 is 0 Å². The van der Waals surface area contributed by atoms with Crippen LogP contribution in [0.4, 0.5) is 4.79 Å². The Morgan fingerprint density at radius 1 is 0.852 bits per heavy atom. The predicted molar refractivity (Wildman–Crippen MR) is 103 cm³/mol. The lowest BCUT2D eigenvalue weighted by atomic mass is 10.2. The molecule has 0 radical (unpaired) electrons. The van der Waals surface area contributed by atoms with Gasteiger partial charge in [-0.1, -0.05) is 30.3 Å². The fourth-order valence-electron chi connectivity index (χ4n) is 3.59. The van der Waals surface area contributed by atoms with Crippen LogP contribution in [0.15, 0.2) is 30.3 Å². The van der Waals surface area contributed by atoms with E-state index in [4.69, 9.17) is 4.74 Å². The van der Waals surface area contributed by atoms with Gasteiger partial charge in [-0.05, 0) is 12.5 Å². The minimum atomic E-state index is -0.279. The number of hydrogen-bond acceptors (Lipinski definition) is 5. The van der Waals surface area contributed by atoms with Gasteiger partial charge in [0.1, 0.15) is 0 Å². The largest absolute Gasteiger partial charge is 0.450 e. The highest BCUT2D eigenvalue weighted by Gasteiger charge is 2.26. The molecular formula is C20H30N4O3. The van der Waals surface area contributed by atoms with Gasteiger partial charge in [0.2, 0.25) is 5.91 Å². The molecule has 2 aliphatic heterocycles. The molecule has 2 aliphatic rings. The van der Waals surface area contributed by atoms with Gasteiger partial charge in [-0.3, -0.25) is 14.6 Å². The number of ether oxygens (including phenoxy) is 1. The molecule has 7 nitrogen and oxygen atoms in total. The maximum atomic E-state index is 12.6. The molecule has 2 saturated heterocycles. The lowest BCUT2D eigenvalue weighted by Crippen LogP contribution is -2.54. The molecule has 2 amide bonds. The summed E-state index contributed by atoms with van der Waals surface area (Å²) in [7, 11) is 0. The number of hydrogen-bond donors (Lipinski definition) is 0. The minimum Gasteiger partial charge on any atom is -0.450 e. The summed E-state index contributed by atoms with van der Waals surface area (Å²) in [6.07, 6.45) is -0.279. The normalized spacial score (nSPS) is 19.1. The van der Waals surface area contributed by atoms with Crippen LogP contribution in [0.2, 0.25) is 0 Å². The molecule has 2 fully saturated rings. The van der Waals surface area contributed by atoms with Gasteiger partial charge in [0.25, 0.3) is 0 Å². The van der Waals surface area contributed by atoms with Crippen molar-refractivity contribution in [1.82, 2.24) is 19.6 Å². The quantitative estimate of drug-likeness (QED) is 0.773. The molecule has 0 aromatic heterocycles. The Morgan fingerprint density at radius 3 is 2.07 bits per heavy atom. The molecule has 1 aromatic rings. The zero-order valence-electron chi connectivity index (χ0n) is 16.2. The van der Waals surface area contributed by atoms with E-state index in [9.17, 15) is 9.59 Å². The number of carbonyl (C=O) groups excluding carboxylic acids is 2. The Morgan fingerprint density at radius 2 is 1.44 bits per heavy atom. The van der Waals surface area contributed by atoms with E-state index in [1.807, 2.05) is 11.0 Å². The third-order valence-corrected chi connectivity index (χ3v) is 5.23. The first-order valence-corrected chi connectivity index (χ1v) is 9.84. The van der Waals surface area contributed by atoms with Crippen LogP contribution in [0.5, 0.6) is 0 Å². The lowest BCUT2D eigenvalue weighted by Gasteiger charge is -2.37. The lowest BCUT2D eigenvalue weighted by molar-refractivity contribution is -0.134. The second-order valence-corrected chi connectivity index (χ2v) is 7.10. The summed E-state index contributed by atoms with van der Waals surface area (Å²) < 4.78 is 5.02. The predicted octanol–water partition coefficient (Wildman–Crippen LogP) is 1.10. The van der Waals surface area contributed by atoms with Gasteiger partial charge in [0.05, 0.1) is 13.2 Å². The van der Waals surface area contributed by atoms with Crippen LogP contribution in [0, 0.1) is 0 Å². The molecule has 3 rings (SSSR count). The number of nitrogens with zero attached hydrogens (tertiary/aromatic N) is 4. The topological polar surface area (TPSA) is 56.3 Å². The molecule has 0 atom stereocenters. The summed E-state index contributed by atoms with van der Waals surface area (Å²) in [6.45, 7) is 9.71. The number of piperazine rings is 2. The van der Waals surface area contributed by atoms with Crippen molar-refractivity contribution < 1.29 is 14.3 Å². The first kappa shape index (κ1) is 19.6. The minimum absolute atomic E-state index is 0.162. The van der Waals surface area contributed by atoms with Crippen LogP contribution >= 0.6 is 0 Å². The molecular weight excluding hydrogens is 344 g/mol. The molecule has 1 aromatic carbocycles. The van der Waals surface area contributed by atoms with E-state index in [1.54, 1.807) is 11.8 Å². The summed E-state index contributed by atoms with van der Waals surface area (Å²) in [6, 6.07) is 10.5. The van der Waals surface area contributed by atoms with E-state index in [-0.39, 0.29) is 12.0 Å². The molecule has 0 unspecified atom stereocenters. The van der Waals surface area contributed by atoms with Gasteiger partial charge in [-0.2, -0.15) is 0 Å². The van der Waals surface area contributed by atoms with Crippen LogP contribution < -0.4 is 0 Å². The first-order chi connectivity index (χ1) is 13.2. The smallest absolute Gasteiger partial charge is 0.409 e. The van der Waals surface area contributed by atoms with Crippen LogP contribution in [-0.2, 0) is 16.1 Å². The standard InChI is InChI=1S/C20H30N4O3/c1-2-27-20(26)24-14-12-23(13-15-24)19(25)17-22-10-8-21(9-11-22)16-18-6-4-3-5-7-18/h3-7H,2,8-17H2,1H3. The van der Waals surface area contributed by atoms with Crippen molar-refractivity contribution in [3.05, 3.63) is 35.9 Å². The van der Waals surface area contributed by atoms with Crippen LogP contribution in [-0.4, -0.2) is 97.1 Å². The summed E-state index contributed by atoms with van der Waals surface area (Å²) in [5.74, 6) is 0.162. The molecule has 0 bridgehead atoms. The van der Waals surface area contributed by atoms with E-state index in [0.29, 0.717) is 39.3 Å². The second-order valence-electron chi connectivity index (χ2n) is 7.10. The molecule has 148 valence electrons.